The van der Waals surface area contributed by atoms with Crippen LogP contribution >= 0.6 is 0 Å². The number of imidazole rings is 5. The van der Waals surface area contributed by atoms with Crippen LogP contribution in [0.4, 0.5) is 17.7 Å². The number of nitrogens with one attached hydrogen (secondary N) is 6. The maximum atomic E-state index is 11.8. The van der Waals surface area contributed by atoms with E-state index in [-0.39, 0.29) is 62.4 Å². The first-order chi connectivity index (χ1) is 54.7. The number of hydrogen-bond acceptors (Lipinski definition) is 37. The van der Waals surface area contributed by atoms with E-state index in [1.54, 1.807) is 0 Å². The molecule has 48 nitrogen and oxygen atoms in total. The van der Waals surface area contributed by atoms with Crippen LogP contribution in [0, 0.1) is 139 Å². The van der Waals surface area contributed by atoms with Crippen molar-refractivity contribution in [1.82, 2.24) is 107 Å². The fraction of sp³-hybridized carbons (Fsp3) is 0.379. The summed E-state index contributed by atoms with van der Waals surface area (Å²) in [4.78, 5) is 106. The van der Waals surface area contributed by atoms with Crippen molar-refractivity contribution in [3.8, 4) is 98.8 Å². The number of aliphatic hydroxyl groups excluding tert-OH is 10. The van der Waals surface area contributed by atoms with Gasteiger partial charge in [0, 0.05) is 0 Å². The van der Waals surface area contributed by atoms with Crippen LogP contribution in [0.15, 0.2) is 80.0 Å². The van der Waals surface area contributed by atoms with Gasteiger partial charge in [-0.2, -0.15) is 9.97 Å². The number of nitrogens with zero attached hydrogens (tertiary/aromatic N) is 20. The van der Waals surface area contributed by atoms with Gasteiger partial charge in [-0.1, -0.05) is 47.4 Å². The second-order valence-corrected chi connectivity index (χ2v) is 25.0. The number of H-pyrrole nitrogens is 4. The Morgan fingerprint density at radius 1 is 0.412 bits per heavy atom. The third-order valence-electron chi connectivity index (χ3n) is 18.9. The number of anilines is 3. The summed E-state index contributed by atoms with van der Waals surface area (Å²) in [6, 6.07) is 0. The van der Waals surface area contributed by atoms with E-state index in [2.05, 4.69) is 142 Å². The molecule has 584 valence electrons. The van der Waals surface area contributed by atoms with E-state index in [1.807, 2.05) is 0 Å². The summed E-state index contributed by atoms with van der Waals surface area (Å²) in [5.74, 6) is 14.3. The fourth-order valence-corrected chi connectivity index (χ4v) is 13.0. The van der Waals surface area contributed by atoms with Gasteiger partial charge in [0.2, 0.25) is 21.7 Å². The molecule has 0 radical (unpaired) electrons. The van der Waals surface area contributed by atoms with Crippen LogP contribution in [-0.2, 0) is 23.7 Å². The molecule has 0 amide bonds. The van der Waals surface area contributed by atoms with Gasteiger partial charge >= 0.3 is 0 Å². The Bertz CT molecular complexity index is 6100. The summed E-state index contributed by atoms with van der Waals surface area (Å²) in [5, 5.41) is 106. The smallest absolute Gasteiger partial charge is 0.294 e. The zero-order valence-corrected chi connectivity index (χ0v) is 58.3. The van der Waals surface area contributed by atoms with E-state index in [9.17, 15) is 70.2 Å². The average Bonchev–Trinajstić information content (AvgIpc) is 1.62. The summed E-state index contributed by atoms with van der Waals surface area (Å²) in [7, 11) is 0. The molecule has 10 aromatic rings. The molecule has 15 rings (SSSR count). The molecule has 5 saturated heterocycles. The van der Waals surface area contributed by atoms with Crippen LogP contribution in [0.1, 0.15) is 31.1 Å². The van der Waals surface area contributed by atoms with Crippen molar-refractivity contribution in [2.45, 2.75) is 89.9 Å². The average molecular weight is 1570 g/mol. The van der Waals surface area contributed by atoms with Gasteiger partial charge in [-0.3, -0.25) is 52.0 Å². The number of aliphatic hydroxyl groups is 10. The standard InChI is InChI=1S/C14H13N5O4.C14H13N5O3.C14H12N4O4.C12H12N8O4.C12H11N7O4/c1-3-7-9(21)14(4-2,5-20)23-12(7)19-6-16-8-10(19)17-13(15)18-11(8)22;1-3-8-10(21)14(4-2,5-20)22-13(8)19-7-18-9-11(15)16-6-17-12(9)19;1-3-8-10(20)14(4-2,5-19)22-13(8)18-7-17-9-11(18)15-6-16-12(9)21;1-2-5-7(22)12(3-21,18-19-14)24-10(5)20-4-15-6-8(20)16-11(13)17-9(6)23;1-2-6-8(21)12(3-20,17-18-13)23-11(6)19-5-16-7-9(19)14-4-15-10(7)22/h1-2,6-7,9,12,20-21H,5H2,(H3,15,17,18,22);1-2,6-8,10,13,20-21H,5H2,(H2,15,16,17);1-2,6-8,10,13,19-20H,5H2,(H,15,16,21);1,4-5,7,10,14,21-22H,3H2,(H2-,13,16,17,23);1,4-6,8,11,13,20-21H,3H2/p+2/t7-,9-,12+,14+;2*8-,10-,13+,14+;5-,7-,10+,12+;6-,8-,11+,12+/m00000/s1. The molecule has 0 saturated carbocycles. The van der Waals surface area contributed by atoms with Crippen LogP contribution in [0.2, 0.25) is 0 Å². The first kappa shape index (κ1) is 80.9. The normalized spacial score (nSPS) is 30.3. The molecule has 10 aromatic heterocycles. The monoisotopic (exact) mass is 1570 g/mol. The van der Waals surface area contributed by atoms with Gasteiger partial charge in [-0.05, 0) is 0 Å². The molecule has 114 heavy (non-hydrogen) atoms. The van der Waals surface area contributed by atoms with Crippen molar-refractivity contribution in [2.75, 3.05) is 50.2 Å². The summed E-state index contributed by atoms with van der Waals surface area (Å²) < 4.78 is 35.2. The molecule has 0 unspecified atom stereocenters. The highest BCUT2D eigenvalue weighted by Gasteiger charge is 2.62. The zero-order chi connectivity index (χ0) is 82.7. The van der Waals surface area contributed by atoms with E-state index >= 15 is 0 Å². The number of rotatable bonds is 12. The van der Waals surface area contributed by atoms with E-state index in [1.165, 1.54) is 73.5 Å². The molecule has 15 heterocycles. The van der Waals surface area contributed by atoms with E-state index < -0.39 is 175 Å². The van der Waals surface area contributed by atoms with Gasteiger partial charge in [0.05, 0.1) is 93.7 Å². The maximum Gasteiger partial charge on any atom is 0.294 e. The number of fused-ring (bicyclic) bond motifs is 5. The minimum absolute atomic E-state index is 0.00155. The summed E-state index contributed by atoms with van der Waals surface area (Å²) in [5.41, 5.74) is 21.7. The van der Waals surface area contributed by atoms with Gasteiger partial charge in [-0.15, -0.1) is 51.4 Å². The number of terminal acetylenes is 8. The quantitative estimate of drug-likeness (QED) is 0.0307. The molecule has 5 aliphatic heterocycles. The third-order valence-corrected chi connectivity index (χ3v) is 18.9. The van der Waals surface area contributed by atoms with Gasteiger partial charge in [-0.25, -0.2) is 44.9 Å². The SMILES string of the molecule is C#C[C@@H]1[C@H](n2cnc3c(=O)[nH]c(N)nc32)O[C@@](CO)(N=[N+]=N)[C@H]1O.C#C[C@@H]1[C@H](n2cnc3c(=O)[nH]c(N)nc32)O[C@](C#C)(CO)[C@H]1O.C#C[C@@H]1[C@H](n2cnc3c(=O)[nH]cnc32)O[C@@](CO)(N=[N+]=N)[C@H]1O.C#C[C@@H]1[C@H](n2cnc3c(=O)[nH]cnc32)O[C@](C#C)(CO)[C@H]1O.C#C[C@@H]1[C@H](n2cnc3c(N)ncnc32)O[C@](C#C)(CO)[C@H]1O. The molecular weight excluding hydrogens is 1500 g/mol. The Labute approximate surface area is 635 Å². The van der Waals surface area contributed by atoms with Crippen molar-refractivity contribution >= 4 is 73.5 Å². The van der Waals surface area contributed by atoms with Crippen molar-refractivity contribution in [3.63, 3.8) is 0 Å². The Balaban J connectivity index is 0.000000141. The van der Waals surface area contributed by atoms with E-state index in [0.717, 1.165) is 0 Å². The highest BCUT2D eigenvalue weighted by molar-refractivity contribution is 5.81. The topological polar surface area (TPSA) is 725 Å². The second-order valence-electron chi connectivity index (χ2n) is 25.0. The molecular formula is C66H63N29O19+2. The van der Waals surface area contributed by atoms with Gasteiger partial charge in [0.25, 0.3) is 33.7 Å². The summed E-state index contributed by atoms with van der Waals surface area (Å²) in [6.45, 7) is -3.27. The Hall–Kier alpha value is -14.1. The second kappa shape index (κ2) is 32.0. The third kappa shape index (κ3) is 13.4. The minimum atomic E-state index is -1.90. The lowest BCUT2D eigenvalue weighted by Crippen LogP contribution is -2.43. The van der Waals surface area contributed by atoms with Crippen LogP contribution in [0.5, 0.6) is 0 Å². The highest BCUT2D eigenvalue weighted by Crippen LogP contribution is 2.47. The van der Waals surface area contributed by atoms with Crippen molar-refractivity contribution < 1.29 is 74.7 Å². The van der Waals surface area contributed by atoms with E-state index in [0.29, 0.717) is 11.2 Å². The largest absolute Gasteiger partial charge is 0.392 e. The first-order valence-electron chi connectivity index (χ1n) is 32.6. The van der Waals surface area contributed by atoms with Crippen LogP contribution < -0.4 is 49.3 Å². The molecule has 0 aliphatic carbocycles. The number of nitrogen functional groups attached to an aromatic ring is 3. The number of nitrogens with two attached hydrogens (primary N) is 3. The maximum absolute atomic E-state index is 11.8. The number of ether oxygens (including phenoxy) is 5. The van der Waals surface area contributed by atoms with Crippen molar-refractivity contribution in [2.24, 2.45) is 39.8 Å². The molecule has 5 fully saturated rings. The van der Waals surface area contributed by atoms with Crippen molar-refractivity contribution in [3.05, 3.63) is 92.0 Å². The number of aromatic nitrogens is 20. The molecule has 0 bridgehead atoms. The first-order valence-corrected chi connectivity index (χ1v) is 32.6. The lowest BCUT2D eigenvalue weighted by Gasteiger charge is -2.23. The summed E-state index contributed by atoms with van der Waals surface area (Å²) in [6.07, 6.45) is 42.4. The molecule has 48 heteroatoms. The lowest BCUT2D eigenvalue weighted by molar-refractivity contribution is -0.126. The molecule has 20 atom stereocenters. The highest BCUT2D eigenvalue weighted by atomic mass is 16.6. The molecule has 0 aromatic carbocycles. The Morgan fingerprint density at radius 2 is 0.702 bits per heavy atom. The number of hydrogen-bond donors (Lipinski definition) is 19. The van der Waals surface area contributed by atoms with Crippen LogP contribution in [0.25, 0.3) is 55.8 Å². The molecule has 5 aliphatic rings. The predicted octanol–water partition coefficient (Wildman–Crippen LogP) is -7.68. The lowest BCUT2D eigenvalue weighted by atomic mass is 9.91. The van der Waals surface area contributed by atoms with Gasteiger partial charge in [0.15, 0.2) is 114 Å². The van der Waals surface area contributed by atoms with E-state index in [4.69, 9.17) is 103 Å². The number of aromatic amines is 4. The fourth-order valence-electron chi connectivity index (χ4n) is 13.0. The summed E-state index contributed by atoms with van der Waals surface area (Å²) >= 11 is 0. The molecule has 22 N–H and O–H groups in total. The van der Waals surface area contributed by atoms with Gasteiger partial charge < -0.3 is 102 Å². The van der Waals surface area contributed by atoms with Gasteiger partial charge in [0.1, 0.15) is 66.6 Å². The van der Waals surface area contributed by atoms with Crippen LogP contribution in [0.3, 0.4) is 0 Å². The minimum Gasteiger partial charge on any atom is -0.392 e. The van der Waals surface area contributed by atoms with Crippen molar-refractivity contribution in [1.29, 1.82) is 11.1 Å². The Morgan fingerprint density at radius 3 is 1.00 bits per heavy atom. The van der Waals surface area contributed by atoms with Crippen LogP contribution in [-0.4, -0.2) is 240 Å². The molecule has 0 spiro atoms. The zero-order valence-electron chi connectivity index (χ0n) is 58.3. The Kier molecular flexibility index (Phi) is 22.7. The predicted molar refractivity (Wildman–Crippen MR) is 384 cm³/mol.